The van der Waals surface area contributed by atoms with Crippen molar-refractivity contribution in [1.82, 2.24) is 0 Å². The number of carbonyl (C=O) groups is 1. The van der Waals surface area contributed by atoms with Crippen LogP contribution in [0.4, 0.5) is 0 Å². The van der Waals surface area contributed by atoms with Crippen LogP contribution in [0.15, 0.2) is 0 Å². The average molecular weight is 294 g/mol. The van der Waals surface area contributed by atoms with Gasteiger partial charge in [-0.1, -0.05) is 0 Å². The van der Waals surface area contributed by atoms with Crippen LogP contribution in [0.3, 0.4) is 0 Å². The quantitative estimate of drug-likeness (QED) is 0.699. The third-order valence-corrected chi connectivity index (χ3v) is 3.86. The Morgan fingerprint density at radius 2 is 2.11 bits per heavy atom. The summed E-state index contributed by atoms with van der Waals surface area (Å²) >= 11 is -2.00. The van der Waals surface area contributed by atoms with Gasteiger partial charge >= 0.3 is 17.3 Å². The summed E-state index contributed by atoms with van der Waals surface area (Å²) in [5.41, 5.74) is -1.46. The number of carbonyl (C=O) groups excluding carboxylic acids is 1. The summed E-state index contributed by atoms with van der Waals surface area (Å²) in [6, 6.07) is 0. The number of hydrogen-bond donors (Lipinski definition) is 0. The van der Waals surface area contributed by atoms with Gasteiger partial charge in [0.05, 0.1) is 13.2 Å². The fraction of sp³-hybridized carbons (Fsp3) is 0.909. The van der Waals surface area contributed by atoms with E-state index in [1.54, 1.807) is 20.8 Å². The number of rotatable bonds is 3. The zero-order chi connectivity index (χ0) is 14.3. The van der Waals surface area contributed by atoms with Crippen molar-refractivity contribution < 1.29 is 31.6 Å². The molecule has 19 heavy (non-hydrogen) atoms. The monoisotopic (exact) mass is 294 g/mol. The molecule has 2 aliphatic heterocycles. The summed E-state index contributed by atoms with van der Waals surface area (Å²) in [6.07, 6.45) is -1.38. The van der Waals surface area contributed by atoms with Crippen molar-refractivity contribution in [2.75, 3.05) is 13.2 Å². The first-order valence-corrected chi connectivity index (χ1v) is 7.06. The van der Waals surface area contributed by atoms with Crippen molar-refractivity contribution in [3.05, 3.63) is 0 Å². The molecule has 0 bridgehead atoms. The van der Waals surface area contributed by atoms with Gasteiger partial charge < -0.3 is 14.2 Å². The van der Waals surface area contributed by atoms with E-state index in [-0.39, 0.29) is 13.2 Å². The van der Waals surface area contributed by atoms with Gasteiger partial charge in [-0.15, -0.1) is 0 Å². The lowest BCUT2D eigenvalue weighted by Crippen LogP contribution is -2.52. The minimum atomic E-state index is -2.00. The van der Waals surface area contributed by atoms with Crippen LogP contribution in [0, 0.1) is 0 Å². The minimum absolute atomic E-state index is 0.199. The van der Waals surface area contributed by atoms with Gasteiger partial charge in [-0.2, -0.15) is 4.21 Å². The van der Waals surface area contributed by atoms with Crippen molar-refractivity contribution in [2.24, 2.45) is 0 Å². The number of esters is 1. The fourth-order valence-electron chi connectivity index (χ4n) is 2.09. The molecule has 0 amide bonds. The van der Waals surface area contributed by atoms with E-state index in [1.807, 2.05) is 0 Å². The van der Waals surface area contributed by atoms with Crippen LogP contribution in [0.2, 0.25) is 0 Å². The predicted octanol–water partition coefficient (Wildman–Crippen LogP) is 0.454. The van der Waals surface area contributed by atoms with Gasteiger partial charge in [0.1, 0.15) is 12.2 Å². The molecule has 110 valence electrons. The first-order valence-electron chi connectivity index (χ1n) is 6.06. The molecule has 2 aliphatic rings. The molecule has 2 heterocycles. The Kier molecular flexibility index (Phi) is 3.99. The lowest BCUT2D eigenvalue weighted by Gasteiger charge is -2.27. The van der Waals surface area contributed by atoms with Crippen molar-refractivity contribution in [1.29, 1.82) is 0 Å². The maximum absolute atomic E-state index is 12.0. The van der Waals surface area contributed by atoms with Crippen molar-refractivity contribution in [3.8, 4) is 0 Å². The van der Waals surface area contributed by atoms with Gasteiger partial charge in [0.15, 0.2) is 5.79 Å². The van der Waals surface area contributed by atoms with Gasteiger partial charge in [0.2, 0.25) is 5.60 Å². The van der Waals surface area contributed by atoms with Gasteiger partial charge in [0, 0.05) is 0 Å². The lowest BCUT2D eigenvalue weighted by molar-refractivity contribution is -0.175. The van der Waals surface area contributed by atoms with E-state index in [4.69, 9.17) is 22.6 Å². The largest absolute Gasteiger partial charge is 0.464 e. The van der Waals surface area contributed by atoms with E-state index < -0.39 is 40.9 Å². The highest BCUT2D eigenvalue weighted by atomic mass is 32.2. The molecule has 7 nitrogen and oxygen atoms in total. The lowest BCUT2D eigenvalue weighted by atomic mass is 9.95. The Bertz CT molecular complexity index is 397. The summed E-state index contributed by atoms with van der Waals surface area (Å²) in [5.74, 6) is -1.40. The Morgan fingerprint density at radius 1 is 1.42 bits per heavy atom. The predicted molar refractivity (Wildman–Crippen MR) is 64.0 cm³/mol. The third kappa shape index (κ3) is 2.82. The summed E-state index contributed by atoms with van der Waals surface area (Å²) in [4.78, 5) is 12.0. The molecule has 2 saturated heterocycles. The van der Waals surface area contributed by atoms with Crippen molar-refractivity contribution in [3.63, 3.8) is 0 Å². The SMILES string of the molecule is CCOC(=O)[C@]1(C)OS(=O)O[C@H]1[C@@H]1COC(C)(C)O1. The Labute approximate surface area is 114 Å². The van der Waals surface area contributed by atoms with E-state index in [1.165, 1.54) is 6.92 Å². The Morgan fingerprint density at radius 3 is 2.63 bits per heavy atom. The van der Waals surface area contributed by atoms with E-state index in [0.717, 1.165) is 0 Å². The van der Waals surface area contributed by atoms with Crippen LogP contribution in [-0.2, 0) is 38.7 Å². The Balaban J connectivity index is 2.18. The average Bonchev–Trinajstić information content (AvgIpc) is 2.80. The molecule has 0 aromatic heterocycles. The molecule has 0 saturated carbocycles. The smallest absolute Gasteiger partial charge is 0.342 e. The zero-order valence-electron chi connectivity index (χ0n) is 11.3. The first-order chi connectivity index (χ1) is 8.78. The van der Waals surface area contributed by atoms with Gasteiger partial charge in [-0.25, -0.2) is 8.98 Å². The van der Waals surface area contributed by atoms with Crippen molar-refractivity contribution in [2.45, 2.75) is 51.3 Å². The van der Waals surface area contributed by atoms with Crippen molar-refractivity contribution >= 4 is 17.3 Å². The molecule has 0 aliphatic carbocycles. The second-order valence-corrected chi connectivity index (χ2v) is 5.77. The summed E-state index contributed by atoms with van der Waals surface area (Å²) in [6.45, 7) is 7.09. The Hall–Kier alpha value is -0.540. The standard InChI is InChI=1S/C11H18O7S/c1-5-14-9(12)11(4)8(17-19(13)18-11)7-6-15-10(2,3)16-7/h7-8H,5-6H2,1-4H3/t7-,8-,11+,19?/m0/s1. The fourth-order valence-corrected chi connectivity index (χ4v) is 3.05. The van der Waals surface area contributed by atoms with Crippen LogP contribution in [-0.4, -0.2) is 47.0 Å². The molecular weight excluding hydrogens is 276 g/mol. The van der Waals surface area contributed by atoms with Crippen LogP contribution in [0.25, 0.3) is 0 Å². The van der Waals surface area contributed by atoms with Crippen LogP contribution >= 0.6 is 0 Å². The summed E-state index contributed by atoms with van der Waals surface area (Å²) in [7, 11) is 0. The second-order valence-electron chi connectivity index (χ2n) is 5.00. The summed E-state index contributed by atoms with van der Waals surface area (Å²) in [5, 5.41) is 0. The maximum atomic E-state index is 12.0. The highest BCUT2D eigenvalue weighted by Crippen LogP contribution is 2.37. The van der Waals surface area contributed by atoms with Gasteiger partial charge in [-0.3, -0.25) is 4.18 Å². The van der Waals surface area contributed by atoms with Crippen LogP contribution in [0.5, 0.6) is 0 Å². The molecular formula is C11H18O7S. The zero-order valence-corrected chi connectivity index (χ0v) is 12.2. The number of ether oxygens (including phenoxy) is 3. The molecule has 0 radical (unpaired) electrons. The van der Waals surface area contributed by atoms with E-state index >= 15 is 0 Å². The molecule has 0 N–H and O–H groups in total. The highest BCUT2D eigenvalue weighted by molar-refractivity contribution is 7.75. The van der Waals surface area contributed by atoms with E-state index in [9.17, 15) is 9.00 Å². The van der Waals surface area contributed by atoms with Crippen LogP contribution in [0.1, 0.15) is 27.7 Å². The minimum Gasteiger partial charge on any atom is -0.464 e. The molecule has 8 heteroatoms. The molecule has 0 spiro atoms. The van der Waals surface area contributed by atoms with Crippen LogP contribution < -0.4 is 0 Å². The first kappa shape index (κ1) is 14.9. The number of hydrogen-bond acceptors (Lipinski definition) is 7. The van der Waals surface area contributed by atoms with Gasteiger partial charge in [-0.05, 0) is 27.7 Å². The third-order valence-electron chi connectivity index (χ3n) is 3.02. The maximum Gasteiger partial charge on any atom is 0.342 e. The highest BCUT2D eigenvalue weighted by Gasteiger charge is 2.59. The van der Waals surface area contributed by atoms with E-state index in [0.29, 0.717) is 0 Å². The van der Waals surface area contributed by atoms with Gasteiger partial charge in [0.25, 0.3) is 0 Å². The normalized spacial score (nSPS) is 41.4. The summed E-state index contributed by atoms with van der Waals surface area (Å²) < 4.78 is 37.7. The second kappa shape index (κ2) is 5.10. The van der Waals surface area contributed by atoms with E-state index in [2.05, 4.69) is 0 Å². The molecule has 0 aromatic rings. The molecule has 2 fully saturated rings. The topological polar surface area (TPSA) is 80.3 Å². The molecule has 4 atom stereocenters. The molecule has 0 aromatic carbocycles. The molecule has 1 unspecified atom stereocenters. The molecule has 2 rings (SSSR count).